The molecule has 0 bridgehead atoms. The maximum atomic E-state index is 11.9. The number of carboxylic acids is 1. The van der Waals surface area contributed by atoms with E-state index in [1.54, 1.807) is 18.2 Å². The van der Waals surface area contributed by atoms with Gasteiger partial charge in [0.25, 0.3) is 0 Å². The van der Waals surface area contributed by atoms with E-state index in [1.165, 1.54) is 0 Å². The molecule has 1 aromatic rings. The van der Waals surface area contributed by atoms with E-state index in [4.69, 9.17) is 5.11 Å². The minimum atomic E-state index is -0.903. The smallest absolute Gasteiger partial charge is 0.352 e. The van der Waals surface area contributed by atoms with E-state index in [9.17, 15) is 9.59 Å². The van der Waals surface area contributed by atoms with E-state index in [2.05, 4.69) is 6.58 Å². The molecule has 2 heterocycles. The fraction of sp³-hybridized carbons (Fsp3) is 0.467. The predicted molar refractivity (Wildman–Crippen MR) is 75.7 cm³/mol. The first-order chi connectivity index (χ1) is 9.63. The van der Waals surface area contributed by atoms with E-state index in [0.717, 1.165) is 12.8 Å². The monoisotopic (exact) mass is 276 g/mol. The summed E-state index contributed by atoms with van der Waals surface area (Å²) in [6.45, 7) is 5.00. The number of rotatable bonds is 5. The van der Waals surface area contributed by atoms with Gasteiger partial charge in [0, 0.05) is 31.7 Å². The lowest BCUT2D eigenvalue weighted by atomic mass is 10.0. The van der Waals surface area contributed by atoms with Crippen LogP contribution in [0.3, 0.4) is 0 Å². The Hall–Kier alpha value is -2.04. The zero-order valence-electron chi connectivity index (χ0n) is 11.5. The van der Waals surface area contributed by atoms with Crippen molar-refractivity contribution in [1.82, 2.24) is 9.47 Å². The molecule has 20 heavy (non-hydrogen) atoms. The number of carbonyl (C=O) groups is 2. The molecule has 1 fully saturated rings. The maximum Gasteiger partial charge on any atom is 0.352 e. The van der Waals surface area contributed by atoms with Gasteiger partial charge in [0.05, 0.1) is 0 Å². The number of hydrogen-bond donors (Lipinski definition) is 1. The van der Waals surface area contributed by atoms with Gasteiger partial charge in [-0.15, -0.1) is 6.58 Å². The summed E-state index contributed by atoms with van der Waals surface area (Å²) in [5.41, 5.74) is 0.321. The third-order valence-electron chi connectivity index (χ3n) is 3.77. The number of aromatic carboxylic acids is 1. The van der Waals surface area contributed by atoms with Crippen LogP contribution in [0.5, 0.6) is 0 Å². The second-order valence-electron chi connectivity index (χ2n) is 5.05. The highest BCUT2D eigenvalue weighted by molar-refractivity contribution is 5.85. The molecular formula is C15H20N2O3. The summed E-state index contributed by atoms with van der Waals surface area (Å²) < 4.78 is 1.81. The number of amides is 1. The Bertz CT molecular complexity index is 499. The zero-order valence-corrected chi connectivity index (χ0v) is 11.5. The molecule has 1 aromatic heterocycles. The number of piperidine rings is 1. The van der Waals surface area contributed by atoms with E-state index < -0.39 is 5.97 Å². The first kappa shape index (κ1) is 14.4. The molecule has 1 saturated heterocycles. The molecule has 5 nitrogen and oxygen atoms in total. The summed E-state index contributed by atoms with van der Waals surface area (Å²) in [6.07, 6.45) is 6.38. The van der Waals surface area contributed by atoms with Crippen molar-refractivity contribution in [2.45, 2.75) is 31.7 Å². The van der Waals surface area contributed by atoms with Crippen LogP contribution in [0.4, 0.5) is 0 Å². The average Bonchev–Trinajstić information content (AvgIpc) is 2.94. The van der Waals surface area contributed by atoms with Gasteiger partial charge in [0.1, 0.15) is 5.69 Å². The minimum absolute atomic E-state index is 0.161. The Morgan fingerprint density at radius 3 is 2.70 bits per heavy atom. The summed E-state index contributed by atoms with van der Waals surface area (Å²) in [7, 11) is 0. The normalized spacial score (nSPS) is 16.1. The molecule has 0 aromatic carbocycles. The number of hydrogen-bond acceptors (Lipinski definition) is 2. The minimum Gasteiger partial charge on any atom is -0.477 e. The Balaban J connectivity index is 1.94. The van der Waals surface area contributed by atoms with Crippen molar-refractivity contribution < 1.29 is 14.7 Å². The Kier molecular flexibility index (Phi) is 4.61. The van der Waals surface area contributed by atoms with Gasteiger partial charge in [-0.1, -0.05) is 6.08 Å². The molecule has 1 amide bonds. The largest absolute Gasteiger partial charge is 0.477 e. The van der Waals surface area contributed by atoms with Crippen molar-refractivity contribution in [3.05, 3.63) is 36.7 Å². The lowest BCUT2D eigenvalue weighted by Gasteiger charge is -2.33. The molecule has 1 N–H and O–H groups in total. The van der Waals surface area contributed by atoms with Gasteiger partial charge in [-0.3, -0.25) is 4.79 Å². The summed E-state index contributed by atoms with van der Waals surface area (Å²) >= 11 is 0. The third kappa shape index (κ3) is 3.10. The van der Waals surface area contributed by atoms with Crippen molar-refractivity contribution in [2.24, 2.45) is 0 Å². The number of carboxylic acid groups (broad SMARTS) is 1. The van der Waals surface area contributed by atoms with Crippen molar-refractivity contribution in [1.29, 1.82) is 0 Å². The Morgan fingerprint density at radius 1 is 1.40 bits per heavy atom. The van der Waals surface area contributed by atoms with Crippen LogP contribution >= 0.6 is 0 Å². The van der Waals surface area contributed by atoms with E-state index in [0.29, 0.717) is 31.6 Å². The van der Waals surface area contributed by atoms with E-state index in [-0.39, 0.29) is 11.9 Å². The standard InChI is InChI=1S/C15H20N2O3/c1-2-3-6-14(18)16-10-7-12(8-11-16)17-9-4-5-13(17)15(19)20/h2,4-5,9,12H,1,3,6-8,10-11H2,(H,19,20). The number of aromatic nitrogens is 1. The molecule has 0 spiro atoms. The molecule has 108 valence electrons. The van der Waals surface area contributed by atoms with Crippen LogP contribution in [0.15, 0.2) is 31.0 Å². The molecule has 1 aliphatic heterocycles. The predicted octanol–water partition coefficient (Wildman–Crippen LogP) is 2.32. The second kappa shape index (κ2) is 6.41. The van der Waals surface area contributed by atoms with Crippen LogP contribution in [-0.2, 0) is 4.79 Å². The zero-order chi connectivity index (χ0) is 14.5. The fourth-order valence-corrected chi connectivity index (χ4v) is 2.67. The van der Waals surface area contributed by atoms with Crippen LogP contribution in [0.1, 0.15) is 42.2 Å². The molecule has 0 saturated carbocycles. The molecular weight excluding hydrogens is 256 g/mol. The van der Waals surface area contributed by atoms with Gasteiger partial charge >= 0.3 is 5.97 Å². The topological polar surface area (TPSA) is 62.5 Å². The lowest BCUT2D eigenvalue weighted by Crippen LogP contribution is -2.39. The van der Waals surface area contributed by atoms with Crippen LogP contribution in [0.25, 0.3) is 0 Å². The van der Waals surface area contributed by atoms with Gasteiger partial charge in [0.2, 0.25) is 5.91 Å². The molecule has 0 unspecified atom stereocenters. The van der Waals surface area contributed by atoms with Crippen molar-refractivity contribution >= 4 is 11.9 Å². The number of carbonyl (C=O) groups excluding carboxylic acids is 1. The molecule has 5 heteroatoms. The highest BCUT2D eigenvalue weighted by atomic mass is 16.4. The van der Waals surface area contributed by atoms with Crippen LogP contribution in [0.2, 0.25) is 0 Å². The number of allylic oxidation sites excluding steroid dienone is 1. The molecule has 0 atom stereocenters. The second-order valence-corrected chi connectivity index (χ2v) is 5.05. The van der Waals surface area contributed by atoms with Crippen LogP contribution in [0, 0.1) is 0 Å². The molecule has 0 aliphatic carbocycles. The SMILES string of the molecule is C=CCCC(=O)N1CCC(n2cccc2C(=O)O)CC1. The quantitative estimate of drug-likeness (QED) is 0.839. The molecule has 1 aliphatic rings. The van der Waals surface area contributed by atoms with Gasteiger partial charge < -0.3 is 14.6 Å². The molecule has 0 radical (unpaired) electrons. The highest BCUT2D eigenvalue weighted by Gasteiger charge is 2.25. The summed E-state index contributed by atoms with van der Waals surface area (Å²) in [6, 6.07) is 3.54. The first-order valence-corrected chi connectivity index (χ1v) is 6.92. The number of nitrogens with zero attached hydrogens (tertiary/aromatic N) is 2. The number of likely N-dealkylation sites (tertiary alicyclic amines) is 1. The van der Waals surface area contributed by atoms with Crippen LogP contribution in [-0.4, -0.2) is 39.5 Å². The fourth-order valence-electron chi connectivity index (χ4n) is 2.67. The average molecular weight is 276 g/mol. The summed E-state index contributed by atoms with van der Waals surface area (Å²) in [5.74, 6) is -0.742. The van der Waals surface area contributed by atoms with E-state index in [1.807, 2.05) is 15.7 Å². The van der Waals surface area contributed by atoms with Gasteiger partial charge in [-0.05, 0) is 31.4 Å². The van der Waals surface area contributed by atoms with Gasteiger partial charge in [0.15, 0.2) is 0 Å². The first-order valence-electron chi connectivity index (χ1n) is 6.92. The third-order valence-corrected chi connectivity index (χ3v) is 3.77. The van der Waals surface area contributed by atoms with Gasteiger partial charge in [-0.2, -0.15) is 0 Å². The van der Waals surface area contributed by atoms with Crippen molar-refractivity contribution in [2.75, 3.05) is 13.1 Å². The van der Waals surface area contributed by atoms with Crippen molar-refractivity contribution in [3.8, 4) is 0 Å². The summed E-state index contributed by atoms with van der Waals surface area (Å²) in [5, 5.41) is 9.13. The summed E-state index contributed by atoms with van der Waals surface area (Å²) in [4.78, 5) is 24.9. The highest BCUT2D eigenvalue weighted by Crippen LogP contribution is 2.25. The Labute approximate surface area is 118 Å². The van der Waals surface area contributed by atoms with Gasteiger partial charge in [-0.25, -0.2) is 4.79 Å². The Morgan fingerprint density at radius 2 is 2.10 bits per heavy atom. The maximum absolute atomic E-state index is 11.9. The lowest BCUT2D eigenvalue weighted by molar-refractivity contribution is -0.132. The van der Waals surface area contributed by atoms with Crippen LogP contribution < -0.4 is 0 Å². The molecule has 2 rings (SSSR count). The van der Waals surface area contributed by atoms with E-state index >= 15 is 0 Å². The van der Waals surface area contributed by atoms with Crippen molar-refractivity contribution in [3.63, 3.8) is 0 Å².